The molecule has 5 nitrogen and oxygen atoms in total. The molecule has 1 aliphatic heterocycles. The normalized spacial score (nSPS) is 13.8. The van der Waals surface area contributed by atoms with E-state index in [1.54, 1.807) is 12.1 Å². The SMILES string of the molecule is OC1=C(c2ccc(O)cc2)COc2cc(O)cc(O)c21. The summed E-state index contributed by atoms with van der Waals surface area (Å²) in [6.07, 6.45) is 0. The molecule has 5 heteroatoms. The quantitative estimate of drug-likeness (QED) is 0.640. The van der Waals surface area contributed by atoms with Crippen molar-refractivity contribution < 1.29 is 25.2 Å². The number of ether oxygens (including phenoxy) is 1. The zero-order chi connectivity index (χ0) is 14.3. The molecule has 0 spiro atoms. The Labute approximate surface area is 114 Å². The highest BCUT2D eigenvalue weighted by atomic mass is 16.5. The first-order valence-corrected chi connectivity index (χ1v) is 5.97. The van der Waals surface area contributed by atoms with E-state index >= 15 is 0 Å². The van der Waals surface area contributed by atoms with Crippen LogP contribution >= 0.6 is 0 Å². The summed E-state index contributed by atoms with van der Waals surface area (Å²) >= 11 is 0. The monoisotopic (exact) mass is 272 g/mol. The number of benzene rings is 2. The van der Waals surface area contributed by atoms with E-state index in [-0.39, 0.29) is 40.9 Å². The number of phenols is 3. The van der Waals surface area contributed by atoms with Crippen LogP contribution in [-0.2, 0) is 0 Å². The number of aliphatic hydroxyl groups is 1. The maximum Gasteiger partial charge on any atom is 0.138 e. The van der Waals surface area contributed by atoms with Crippen LogP contribution in [0.4, 0.5) is 0 Å². The van der Waals surface area contributed by atoms with Gasteiger partial charge < -0.3 is 25.2 Å². The lowest BCUT2D eigenvalue weighted by Gasteiger charge is -2.22. The molecule has 1 aliphatic rings. The van der Waals surface area contributed by atoms with Crippen LogP contribution in [0.15, 0.2) is 36.4 Å². The fourth-order valence-electron chi connectivity index (χ4n) is 2.19. The fraction of sp³-hybridized carbons (Fsp3) is 0.0667. The minimum atomic E-state index is -0.256. The minimum Gasteiger partial charge on any atom is -0.508 e. The summed E-state index contributed by atoms with van der Waals surface area (Å²) in [4.78, 5) is 0. The second-order valence-corrected chi connectivity index (χ2v) is 4.50. The van der Waals surface area contributed by atoms with Crippen LogP contribution in [0.5, 0.6) is 23.0 Å². The molecular weight excluding hydrogens is 260 g/mol. The Hall–Kier alpha value is -2.82. The summed E-state index contributed by atoms with van der Waals surface area (Å²) in [5, 5.41) is 38.8. The molecule has 0 aromatic heterocycles. The van der Waals surface area contributed by atoms with Crippen molar-refractivity contribution in [1.29, 1.82) is 0 Å². The highest BCUT2D eigenvalue weighted by Gasteiger charge is 2.24. The summed E-state index contributed by atoms with van der Waals surface area (Å²) in [5.74, 6) is -0.147. The zero-order valence-electron chi connectivity index (χ0n) is 10.4. The molecular formula is C15H12O5. The van der Waals surface area contributed by atoms with Gasteiger partial charge in [-0.1, -0.05) is 12.1 Å². The van der Waals surface area contributed by atoms with Crippen LogP contribution in [-0.4, -0.2) is 27.0 Å². The number of phenolic OH excluding ortho intramolecular Hbond substituents is 3. The molecule has 0 unspecified atom stereocenters. The number of aliphatic hydroxyl groups excluding tert-OH is 1. The molecule has 4 N–H and O–H groups in total. The van der Waals surface area contributed by atoms with Crippen LogP contribution in [0.2, 0.25) is 0 Å². The number of fused-ring (bicyclic) bond motifs is 1. The topological polar surface area (TPSA) is 90.2 Å². The molecule has 0 atom stereocenters. The first-order valence-electron chi connectivity index (χ1n) is 5.97. The Morgan fingerprint density at radius 3 is 2.25 bits per heavy atom. The maximum absolute atomic E-state index is 10.3. The zero-order valence-corrected chi connectivity index (χ0v) is 10.4. The first-order chi connectivity index (χ1) is 9.56. The Balaban J connectivity index is 2.16. The summed E-state index contributed by atoms with van der Waals surface area (Å²) in [7, 11) is 0. The predicted octanol–water partition coefficient (Wildman–Crippen LogP) is 2.62. The lowest BCUT2D eigenvalue weighted by Crippen LogP contribution is -2.10. The Morgan fingerprint density at radius 1 is 0.850 bits per heavy atom. The van der Waals surface area contributed by atoms with Crippen LogP contribution in [0.25, 0.3) is 11.3 Å². The molecule has 0 saturated heterocycles. The number of hydrogen-bond donors (Lipinski definition) is 4. The van der Waals surface area contributed by atoms with Gasteiger partial charge in [0.15, 0.2) is 0 Å². The van der Waals surface area contributed by atoms with Crippen molar-refractivity contribution in [3.05, 3.63) is 47.5 Å². The second-order valence-electron chi connectivity index (χ2n) is 4.50. The van der Waals surface area contributed by atoms with Crippen molar-refractivity contribution in [2.75, 3.05) is 6.61 Å². The first kappa shape index (κ1) is 12.2. The number of aromatic hydroxyl groups is 3. The van der Waals surface area contributed by atoms with Gasteiger partial charge in [-0.15, -0.1) is 0 Å². The lowest BCUT2D eigenvalue weighted by atomic mass is 9.98. The van der Waals surface area contributed by atoms with Crippen molar-refractivity contribution in [1.82, 2.24) is 0 Å². The highest BCUT2D eigenvalue weighted by molar-refractivity contribution is 5.92. The van der Waals surface area contributed by atoms with E-state index in [0.29, 0.717) is 11.1 Å². The van der Waals surface area contributed by atoms with Crippen molar-refractivity contribution in [2.24, 2.45) is 0 Å². The molecule has 3 rings (SSSR count). The summed E-state index contributed by atoms with van der Waals surface area (Å²) in [5.41, 5.74) is 1.33. The van der Waals surface area contributed by atoms with Gasteiger partial charge in [-0.25, -0.2) is 0 Å². The minimum absolute atomic E-state index is 0.102. The molecule has 0 amide bonds. The summed E-state index contributed by atoms with van der Waals surface area (Å²) in [6, 6.07) is 8.76. The molecule has 1 heterocycles. The smallest absolute Gasteiger partial charge is 0.138 e. The van der Waals surface area contributed by atoms with Crippen molar-refractivity contribution in [3.8, 4) is 23.0 Å². The van der Waals surface area contributed by atoms with Gasteiger partial charge in [-0.3, -0.25) is 0 Å². The summed E-state index contributed by atoms with van der Waals surface area (Å²) in [6.45, 7) is 0.104. The number of rotatable bonds is 1. The van der Waals surface area contributed by atoms with Gasteiger partial charge in [-0.2, -0.15) is 0 Å². The van der Waals surface area contributed by atoms with Gasteiger partial charge in [0.2, 0.25) is 0 Å². The average Bonchev–Trinajstić information content (AvgIpc) is 2.39. The lowest BCUT2D eigenvalue weighted by molar-refractivity contribution is 0.344. The molecule has 0 saturated carbocycles. The summed E-state index contributed by atoms with van der Waals surface area (Å²) < 4.78 is 5.45. The van der Waals surface area contributed by atoms with Gasteiger partial charge in [-0.05, 0) is 17.7 Å². The van der Waals surface area contributed by atoms with E-state index in [4.69, 9.17) is 4.74 Å². The Bertz CT molecular complexity index is 701. The molecule has 20 heavy (non-hydrogen) atoms. The maximum atomic E-state index is 10.3. The van der Waals surface area contributed by atoms with Crippen LogP contribution in [0, 0.1) is 0 Å². The molecule has 102 valence electrons. The third kappa shape index (κ3) is 1.89. The largest absolute Gasteiger partial charge is 0.508 e. The molecule has 2 aromatic rings. The Kier molecular flexibility index (Phi) is 2.68. The second kappa shape index (κ2) is 4.38. The molecule has 2 aromatic carbocycles. The van der Waals surface area contributed by atoms with Crippen LogP contribution < -0.4 is 4.74 Å². The van der Waals surface area contributed by atoms with Crippen molar-refractivity contribution in [3.63, 3.8) is 0 Å². The third-order valence-corrected chi connectivity index (χ3v) is 3.18. The van der Waals surface area contributed by atoms with Gasteiger partial charge in [0.25, 0.3) is 0 Å². The average molecular weight is 272 g/mol. The van der Waals surface area contributed by atoms with Gasteiger partial charge in [0, 0.05) is 17.7 Å². The molecule has 0 fully saturated rings. The standard InChI is InChI=1S/C15H12O5/c16-9-3-1-8(2-4-9)11-7-20-13-6-10(17)5-12(18)14(13)15(11)19/h1-6,16-19H,7H2. The molecule has 0 aliphatic carbocycles. The van der Waals surface area contributed by atoms with Crippen LogP contribution in [0.3, 0.4) is 0 Å². The van der Waals surface area contributed by atoms with E-state index in [2.05, 4.69) is 0 Å². The molecule has 0 bridgehead atoms. The van der Waals surface area contributed by atoms with Gasteiger partial charge >= 0.3 is 0 Å². The Morgan fingerprint density at radius 2 is 1.55 bits per heavy atom. The van der Waals surface area contributed by atoms with E-state index in [0.717, 1.165) is 6.07 Å². The van der Waals surface area contributed by atoms with Gasteiger partial charge in [0.1, 0.15) is 40.9 Å². The van der Waals surface area contributed by atoms with Gasteiger partial charge in [0.05, 0.1) is 0 Å². The van der Waals surface area contributed by atoms with E-state index in [1.807, 2.05) is 0 Å². The van der Waals surface area contributed by atoms with Crippen LogP contribution in [0.1, 0.15) is 11.1 Å². The molecule has 0 radical (unpaired) electrons. The van der Waals surface area contributed by atoms with E-state index < -0.39 is 0 Å². The number of hydrogen-bond acceptors (Lipinski definition) is 5. The van der Waals surface area contributed by atoms with Crippen molar-refractivity contribution >= 4 is 11.3 Å². The predicted molar refractivity (Wildman–Crippen MR) is 72.8 cm³/mol. The highest BCUT2D eigenvalue weighted by Crippen LogP contribution is 2.42. The van der Waals surface area contributed by atoms with Crippen molar-refractivity contribution in [2.45, 2.75) is 0 Å². The fourth-order valence-corrected chi connectivity index (χ4v) is 2.19. The van der Waals surface area contributed by atoms with E-state index in [9.17, 15) is 20.4 Å². The third-order valence-electron chi connectivity index (χ3n) is 3.18. The van der Waals surface area contributed by atoms with E-state index in [1.165, 1.54) is 18.2 Å².